The Morgan fingerprint density at radius 2 is 2.25 bits per heavy atom. The van der Waals surface area contributed by atoms with Crippen LogP contribution in [0.1, 0.15) is 31.4 Å². The van der Waals surface area contributed by atoms with Crippen molar-refractivity contribution < 1.29 is 9.53 Å². The Morgan fingerprint density at radius 1 is 1.50 bits per heavy atom. The van der Waals surface area contributed by atoms with E-state index in [0.717, 1.165) is 30.1 Å². The second-order valence-corrected chi connectivity index (χ2v) is 5.97. The number of carbonyl (C=O) groups is 1. The Bertz CT molecular complexity index is 476. The van der Waals surface area contributed by atoms with E-state index in [4.69, 9.17) is 4.74 Å². The highest BCUT2D eigenvalue weighted by Crippen LogP contribution is 2.25. The molecule has 20 heavy (non-hydrogen) atoms. The van der Waals surface area contributed by atoms with E-state index in [-0.39, 0.29) is 5.97 Å². The predicted molar refractivity (Wildman–Crippen MR) is 82.9 cm³/mol. The van der Waals surface area contributed by atoms with E-state index in [2.05, 4.69) is 17.2 Å². The monoisotopic (exact) mass is 292 g/mol. The average molecular weight is 292 g/mol. The molecule has 0 bridgehead atoms. The molecule has 0 fully saturated rings. The molecule has 1 aromatic rings. The van der Waals surface area contributed by atoms with Gasteiger partial charge in [0, 0.05) is 5.25 Å². The van der Waals surface area contributed by atoms with Crippen molar-refractivity contribution >= 4 is 22.9 Å². The number of nitrogens with zero attached hydrogens (tertiary/aromatic N) is 1. The van der Waals surface area contributed by atoms with Gasteiger partial charge in [-0.2, -0.15) is 0 Å². The Labute approximate surface area is 124 Å². The molecule has 0 aromatic heterocycles. The third-order valence-corrected chi connectivity index (χ3v) is 4.35. The van der Waals surface area contributed by atoms with Gasteiger partial charge in [0.05, 0.1) is 13.7 Å². The number of ether oxygens (including phenoxy) is 1. The third-order valence-electron chi connectivity index (χ3n) is 3.17. The molecule has 1 aliphatic heterocycles. The fourth-order valence-corrected chi connectivity index (χ4v) is 3.29. The summed E-state index contributed by atoms with van der Waals surface area (Å²) in [6.07, 6.45) is 2.30. The molecule has 1 N–H and O–H groups in total. The van der Waals surface area contributed by atoms with Crippen molar-refractivity contribution in [1.82, 2.24) is 5.32 Å². The molecule has 2 atom stereocenters. The van der Waals surface area contributed by atoms with E-state index in [0.29, 0.717) is 5.25 Å². The number of methoxy groups -OCH3 is 1. The summed E-state index contributed by atoms with van der Waals surface area (Å²) in [5.41, 5.74) is 0.890. The molecule has 2 rings (SSSR count). The molecule has 1 aromatic carbocycles. The SMILES string of the molecule is CCCC1CN=C(NC(C(=O)OC)c2ccccc2)S1. The maximum atomic E-state index is 12.0. The van der Waals surface area contributed by atoms with Crippen LogP contribution in [0.2, 0.25) is 0 Å². The number of hydrogen-bond donors (Lipinski definition) is 1. The van der Waals surface area contributed by atoms with Crippen LogP contribution in [-0.4, -0.2) is 30.0 Å². The molecule has 0 spiro atoms. The van der Waals surface area contributed by atoms with Crippen LogP contribution >= 0.6 is 11.8 Å². The zero-order valence-electron chi connectivity index (χ0n) is 11.8. The zero-order chi connectivity index (χ0) is 14.4. The van der Waals surface area contributed by atoms with Gasteiger partial charge in [-0.3, -0.25) is 4.99 Å². The van der Waals surface area contributed by atoms with Crippen LogP contribution in [0.15, 0.2) is 35.3 Å². The minimum atomic E-state index is -0.493. The first kappa shape index (κ1) is 14.9. The van der Waals surface area contributed by atoms with Gasteiger partial charge in [0.2, 0.25) is 0 Å². The Balaban J connectivity index is 2.05. The van der Waals surface area contributed by atoms with Crippen LogP contribution in [-0.2, 0) is 9.53 Å². The number of esters is 1. The molecular weight excluding hydrogens is 272 g/mol. The van der Waals surface area contributed by atoms with Gasteiger partial charge in [-0.05, 0) is 12.0 Å². The number of thioether (sulfide) groups is 1. The van der Waals surface area contributed by atoms with Crippen molar-refractivity contribution in [3.8, 4) is 0 Å². The summed E-state index contributed by atoms with van der Waals surface area (Å²) in [4.78, 5) is 16.4. The van der Waals surface area contributed by atoms with Gasteiger partial charge in [-0.1, -0.05) is 55.4 Å². The second kappa shape index (κ2) is 7.33. The number of benzene rings is 1. The van der Waals surface area contributed by atoms with Crippen molar-refractivity contribution in [2.45, 2.75) is 31.1 Å². The first-order valence-corrected chi connectivity index (χ1v) is 7.73. The molecule has 4 nitrogen and oxygen atoms in total. The molecule has 1 aliphatic rings. The van der Waals surface area contributed by atoms with E-state index < -0.39 is 6.04 Å². The molecule has 1 heterocycles. The van der Waals surface area contributed by atoms with Crippen LogP contribution in [0.3, 0.4) is 0 Å². The smallest absolute Gasteiger partial charge is 0.333 e. The minimum absolute atomic E-state index is 0.293. The third kappa shape index (κ3) is 3.76. The van der Waals surface area contributed by atoms with E-state index in [1.807, 2.05) is 30.3 Å². The minimum Gasteiger partial charge on any atom is -0.467 e. The molecule has 0 aliphatic carbocycles. The van der Waals surface area contributed by atoms with Crippen LogP contribution < -0.4 is 5.32 Å². The van der Waals surface area contributed by atoms with Crippen LogP contribution in [0.5, 0.6) is 0 Å². The highest BCUT2D eigenvalue weighted by molar-refractivity contribution is 8.14. The van der Waals surface area contributed by atoms with Gasteiger partial charge < -0.3 is 10.1 Å². The predicted octanol–water partition coefficient (Wildman–Crippen LogP) is 2.76. The molecule has 2 unspecified atom stereocenters. The van der Waals surface area contributed by atoms with Crippen molar-refractivity contribution in [1.29, 1.82) is 0 Å². The number of hydrogen-bond acceptors (Lipinski definition) is 5. The number of carbonyl (C=O) groups excluding carboxylic acids is 1. The zero-order valence-corrected chi connectivity index (χ0v) is 12.7. The lowest BCUT2D eigenvalue weighted by Gasteiger charge is -2.17. The molecule has 5 heteroatoms. The maximum Gasteiger partial charge on any atom is 0.333 e. The van der Waals surface area contributed by atoms with Gasteiger partial charge >= 0.3 is 5.97 Å². The summed E-state index contributed by atoms with van der Waals surface area (Å²) in [5, 5.41) is 4.57. The fraction of sp³-hybridized carbons (Fsp3) is 0.467. The quantitative estimate of drug-likeness (QED) is 0.848. The Hall–Kier alpha value is -1.49. The summed E-state index contributed by atoms with van der Waals surface area (Å²) in [5.74, 6) is -0.293. The topological polar surface area (TPSA) is 50.7 Å². The summed E-state index contributed by atoms with van der Waals surface area (Å²) in [7, 11) is 1.41. The molecule has 0 saturated carbocycles. The highest BCUT2D eigenvalue weighted by atomic mass is 32.2. The summed E-state index contributed by atoms with van der Waals surface area (Å²) in [6.45, 7) is 3.00. The normalized spacial score (nSPS) is 19.3. The first-order chi connectivity index (χ1) is 9.74. The van der Waals surface area contributed by atoms with Crippen molar-refractivity contribution in [2.75, 3.05) is 13.7 Å². The molecule has 0 saturated heterocycles. The van der Waals surface area contributed by atoms with Gasteiger partial charge in [0.25, 0.3) is 0 Å². The Kier molecular flexibility index (Phi) is 5.47. The largest absolute Gasteiger partial charge is 0.467 e. The van der Waals surface area contributed by atoms with Crippen LogP contribution in [0.25, 0.3) is 0 Å². The number of aliphatic imine (C=N–C) groups is 1. The molecule has 0 amide bonds. The van der Waals surface area contributed by atoms with Gasteiger partial charge in [-0.15, -0.1) is 0 Å². The standard InChI is InChI=1S/C15H20N2O2S/c1-3-7-12-10-16-15(20-12)17-13(14(18)19-2)11-8-5-4-6-9-11/h4-6,8-9,12-13H,3,7,10H2,1-2H3,(H,16,17). The van der Waals surface area contributed by atoms with Gasteiger partial charge in [-0.25, -0.2) is 4.79 Å². The average Bonchev–Trinajstić information content (AvgIpc) is 2.93. The summed E-state index contributed by atoms with van der Waals surface area (Å²) < 4.78 is 4.89. The highest BCUT2D eigenvalue weighted by Gasteiger charge is 2.26. The van der Waals surface area contributed by atoms with E-state index in [1.165, 1.54) is 7.11 Å². The van der Waals surface area contributed by atoms with E-state index in [1.54, 1.807) is 11.8 Å². The number of amidine groups is 1. The lowest BCUT2D eigenvalue weighted by Crippen LogP contribution is -2.32. The lowest BCUT2D eigenvalue weighted by molar-refractivity contribution is -0.142. The van der Waals surface area contributed by atoms with E-state index in [9.17, 15) is 4.79 Å². The maximum absolute atomic E-state index is 12.0. The summed E-state index contributed by atoms with van der Waals surface area (Å²) >= 11 is 1.72. The van der Waals surface area contributed by atoms with Crippen LogP contribution in [0.4, 0.5) is 0 Å². The van der Waals surface area contributed by atoms with E-state index >= 15 is 0 Å². The fourth-order valence-electron chi connectivity index (χ4n) is 2.13. The van der Waals surface area contributed by atoms with Crippen molar-refractivity contribution in [3.63, 3.8) is 0 Å². The summed E-state index contributed by atoms with van der Waals surface area (Å²) in [6, 6.07) is 9.09. The van der Waals surface area contributed by atoms with Gasteiger partial charge in [0.15, 0.2) is 11.2 Å². The molecular formula is C15H20N2O2S. The lowest BCUT2D eigenvalue weighted by atomic mass is 10.1. The van der Waals surface area contributed by atoms with Crippen LogP contribution in [0, 0.1) is 0 Å². The number of nitrogens with one attached hydrogen (secondary N) is 1. The number of rotatable bonds is 5. The Morgan fingerprint density at radius 3 is 2.90 bits per heavy atom. The first-order valence-electron chi connectivity index (χ1n) is 6.85. The van der Waals surface area contributed by atoms with Gasteiger partial charge in [0.1, 0.15) is 0 Å². The molecule has 108 valence electrons. The van der Waals surface area contributed by atoms with Crippen molar-refractivity contribution in [3.05, 3.63) is 35.9 Å². The molecule has 0 radical (unpaired) electrons. The van der Waals surface area contributed by atoms with Crippen molar-refractivity contribution in [2.24, 2.45) is 4.99 Å². The second-order valence-electron chi connectivity index (χ2n) is 4.69.